The van der Waals surface area contributed by atoms with Gasteiger partial charge in [-0.25, -0.2) is 17.7 Å². The lowest BCUT2D eigenvalue weighted by atomic mass is 9.94. The maximum absolute atomic E-state index is 14.3. The lowest BCUT2D eigenvalue weighted by Crippen LogP contribution is -2.45. The van der Waals surface area contributed by atoms with E-state index in [1.165, 1.54) is 4.31 Å². The fourth-order valence-electron chi connectivity index (χ4n) is 5.93. The van der Waals surface area contributed by atoms with Gasteiger partial charge in [-0.1, -0.05) is 6.07 Å². The van der Waals surface area contributed by atoms with E-state index in [1.54, 1.807) is 20.8 Å². The molecule has 0 saturated heterocycles. The number of carbonyl (C=O) groups is 2. The molecule has 11 heteroatoms. The Kier molecular flexibility index (Phi) is 9.71. The molecule has 1 aromatic carbocycles. The molecule has 44 heavy (non-hydrogen) atoms. The first-order chi connectivity index (χ1) is 20.4. The van der Waals surface area contributed by atoms with E-state index in [1.807, 2.05) is 46.8 Å². The van der Waals surface area contributed by atoms with Gasteiger partial charge in [-0.2, -0.15) is 0 Å². The number of fused-ring (bicyclic) bond motifs is 2. The summed E-state index contributed by atoms with van der Waals surface area (Å²) in [7, 11) is -3.88. The number of pyridine rings is 1. The van der Waals surface area contributed by atoms with Crippen molar-refractivity contribution >= 4 is 27.7 Å². The highest BCUT2D eigenvalue weighted by molar-refractivity contribution is 7.93. The van der Waals surface area contributed by atoms with Crippen molar-refractivity contribution in [1.82, 2.24) is 10.3 Å². The number of unbranched alkanes of at least 4 members (excludes halogenated alkanes) is 1. The van der Waals surface area contributed by atoms with Gasteiger partial charge in [0, 0.05) is 37.2 Å². The summed E-state index contributed by atoms with van der Waals surface area (Å²) < 4.78 is 41.6. The number of nitrogens with one attached hydrogen (secondary N) is 1. The van der Waals surface area contributed by atoms with Crippen LogP contribution in [-0.4, -0.2) is 55.6 Å². The van der Waals surface area contributed by atoms with Gasteiger partial charge < -0.3 is 20.5 Å². The Morgan fingerprint density at radius 3 is 2.52 bits per heavy atom. The van der Waals surface area contributed by atoms with Crippen LogP contribution in [0.1, 0.15) is 93.8 Å². The molecule has 0 unspecified atom stereocenters. The van der Waals surface area contributed by atoms with E-state index in [2.05, 4.69) is 5.32 Å². The van der Waals surface area contributed by atoms with Gasteiger partial charge in [0.2, 0.25) is 5.91 Å². The Morgan fingerprint density at radius 2 is 1.84 bits per heavy atom. The van der Waals surface area contributed by atoms with Crippen molar-refractivity contribution in [1.29, 1.82) is 0 Å². The molecule has 3 heterocycles. The molecule has 0 bridgehead atoms. The summed E-state index contributed by atoms with van der Waals surface area (Å²) in [4.78, 5) is 29.5. The molecule has 3 N–H and O–H groups in total. The number of anilines is 1. The van der Waals surface area contributed by atoms with Gasteiger partial charge in [0.15, 0.2) is 0 Å². The number of ether oxygens (including phenoxy) is 2. The molecule has 10 nitrogen and oxygen atoms in total. The number of nitrogens with zero attached hydrogens (tertiary/aromatic N) is 2. The number of aromatic nitrogens is 1. The molecule has 0 radical (unpaired) electrons. The minimum atomic E-state index is -3.88. The van der Waals surface area contributed by atoms with Crippen LogP contribution >= 0.6 is 0 Å². The molecule has 0 aliphatic carbocycles. The van der Waals surface area contributed by atoms with Crippen molar-refractivity contribution in [2.75, 3.05) is 17.4 Å². The minimum Gasteiger partial charge on any atom is -0.487 e. The van der Waals surface area contributed by atoms with Crippen LogP contribution < -0.4 is 20.1 Å². The molecule has 1 aromatic heterocycles. The average Bonchev–Trinajstić information content (AvgIpc) is 3.27. The zero-order valence-corrected chi connectivity index (χ0v) is 28.2. The van der Waals surface area contributed by atoms with E-state index < -0.39 is 27.6 Å². The van der Waals surface area contributed by atoms with E-state index in [-0.39, 0.29) is 24.5 Å². The Balaban J connectivity index is 1.42. The minimum absolute atomic E-state index is 0.0118. The summed E-state index contributed by atoms with van der Waals surface area (Å²) >= 11 is 0. The van der Waals surface area contributed by atoms with Gasteiger partial charge in [0.1, 0.15) is 28.8 Å². The van der Waals surface area contributed by atoms with Crippen molar-refractivity contribution in [3.8, 4) is 5.75 Å². The summed E-state index contributed by atoms with van der Waals surface area (Å²) in [6.45, 7) is 15.4. The van der Waals surface area contributed by atoms with Crippen LogP contribution in [0, 0.1) is 20.8 Å². The van der Waals surface area contributed by atoms with Gasteiger partial charge in [0.25, 0.3) is 10.0 Å². The summed E-state index contributed by atoms with van der Waals surface area (Å²) in [5, 5.41) is 2.70. The SMILES string of the molecule is Cc1c(C)c(S(=O)(=O)N2CCCc3ccc(CCCCC(=O)NC[C@H](N)C(=O)OC(C)(C)C)nc32)c(C)c2c1OC(C)(C)C2. The van der Waals surface area contributed by atoms with Crippen LogP contribution in [0.2, 0.25) is 0 Å². The molecule has 2 aromatic rings. The molecular formula is C33H48N4O6S. The Bertz CT molecular complexity index is 1540. The second-order valence-electron chi connectivity index (χ2n) is 13.7. The zero-order valence-electron chi connectivity index (χ0n) is 27.4. The number of hydrogen-bond acceptors (Lipinski definition) is 8. The maximum Gasteiger partial charge on any atom is 0.325 e. The molecule has 0 saturated carbocycles. The number of aryl methyl sites for hydroxylation is 2. The number of hydrogen-bond donors (Lipinski definition) is 2. The second kappa shape index (κ2) is 12.7. The van der Waals surface area contributed by atoms with Gasteiger partial charge >= 0.3 is 5.97 Å². The number of benzene rings is 1. The third-order valence-electron chi connectivity index (χ3n) is 8.21. The smallest absolute Gasteiger partial charge is 0.325 e. The topological polar surface area (TPSA) is 141 Å². The van der Waals surface area contributed by atoms with E-state index >= 15 is 0 Å². The Hall–Kier alpha value is -3.18. The number of nitrogens with two attached hydrogens (primary N) is 1. The second-order valence-corrected chi connectivity index (χ2v) is 15.5. The van der Waals surface area contributed by atoms with Crippen LogP contribution in [-0.2, 0) is 43.6 Å². The predicted molar refractivity (Wildman–Crippen MR) is 171 cm³/mol. The quantitative estimate of drug-likeness (QED) is 0.292. The molecule has 2 aliphatic rings. The van der Waals surface area contributed by atoms with Crippen molar-refractivity contribution < 1.29 is 27.5 Å². The Morgan fingerprint density at radius 1 is 1.14 bits per heavy atom. The van der Waals surface area contributed by atoms with E-state index in [4.69, 9.17) is 20.2 Å². The number of rotatable bonds is 10. The number of esters is 1. The van der Waals surface area contributed by atoms with Crippen molar-refractivity contribution in [2.45, 2.75) is 122 Å². The third kappa shape index (κ3) is 7.37. The molecule has 4 rings (SSSR count). The molecule has 242 valence electrons. The largest absolute Gasteiger partial charge is 0.487 e. The third-order valence-corrected chi connectivity index (χ3v) is 10.3. The van der Waals surface area contributed by atoms with Crippen LogP contribution in [0.25, 0.3) is 0 Å². The summed E-state index contributed by atoms with van der Waals surface area (Å²) in [5.74, 6) is 0.560. The number of carbonyl (C=O) groups excluding carboxylic acids is 2. The molecule has 2 aliphatic heterocycles. The molecular weight excluding hydrogens is 580 g/mol. The average molecular weight is 629 g/mol. The van der Waals surface area contributed by atoms with Crippen LogP contribution in [0.4, 0.5) is 5.82 Å². The van der Waals surface area contributed by atoms with Gasteiger partial charge in [-0.3, -0.25) is 9.59 Å². The van der Waals surface area contributed by atoms with Crippen molar-refractivity contribution in [3.05, 3.63) is 45.6 Å². The van der Waals surface area contributed by atoms with Crippen LogP contribution in [0.3, 0.4) is 0 Å². The Labute approximate surface area is 262 Å². The highest BCUT2D eigenvalue weighted by atomic mass is 32.2. The highest BCUT2D eigenvalue weighted by Gasteiger charge is 2.39. The molecule has 1 amide bonds. The lowest BCUT2D eigenvalue weighted by molar-refractivity contribution is -0.156. The van der Waals surface area contributed by atoms with Crippen LogP contribution in [0.5, 0.6) is 5.75 Å². The molecule has 0 fully saturated rings. The normalized spacial score (nSPS) is 16.5. The van der Waals surface area contributed by atoms with E-state index in [9.17, 15) is 18.0 Å². The fraction of sp³-hybridized carbons (Fsp3) is 0.606. The maximum atomic E-state index is 14.3. The van der Waals surface area contributed by atoms with E-state index in [0.717, 1.165) is 46.5 Å². The number of sulfonamides is 1. The molecule has 1 atom stereocenters. The first-order valence-electron chi connectivity index (χ1n) is 15.5. The number of amides is 1. The first kappa shape index (κ1) is 33.7. The zero-order chi connectivity index (χ0) is 32.6. The lowest BCUT2D eigenvalue weighted by Gasteiger charge is -2.31. The fourth-order valence-corrected chi connectivity index (χ4v) is 7.95. The highest BCUT2D eigenvalue weighted by Crippen LogP contribution is 2.45. The van der Waals surface area contributed by atoms with Crippen molar-refractivity contribution in [3.63, 3.8) is 0 Å². The summed E-state index contributed by atoms with van der Waals surface area (Å²) in [5.41, 5.74) is 9.82. The molecule has 0 spiro atoms. The standard InChI is InChI=1S/C33H48N4O6S/c1-20-21(2)29(22(3)25-18-33(7,8)42-28(20)25)44(40,41)37-17-11-12-23-15-16-24(36-30(23)37)13-9-10-14-27(38)35-19-26(34)31(39)43-32(4,5)6/h15-16,26H,9-14,17-19,34H2,1-8H3,(H,35,38)/t26-/m0/s1. The van der Waals surface area contributed by atoms with Crippen molar-refractivity contribution in [2.24, 2.45) is 5.73 Å². The van der Waals surface area contributed by atoms with E-state index in [0.29, 0.717) is 48.5 Å². The summed E-state index contributed by atoms with van der Waals surface area (Å²) in [6, 6.07) is 3.00. The van der Waals surface area contributed by atoms with Gasteiger partial charge in [-0.15, -0.1) is 0 Å². The summed E-state index contributed by atoms with van der Waals surface area (Å²) in [6.07, 6.45) is 4.34. The predicted octanol–water partition coefficient (Wildman–Crippen LogP) is 4.36. The van der Waals surface area contributed by atoms with Crippen LogP contribution in [0.15, 0.2) is 17.0 Å². The van der Waals surface area contributed by atoms with Gasteiger partial charge in [0.05, 0.1) is 4.90 Å². The van der Waals surface area contributed by atoms with Gasteiger partial charge in [-0.05, 0) is 116 Å². The first-order valence-corrected chi connectivity index (χ1v) is 16.9. The monoisotopic (exact) mass is 628 g/mol.